The van der Waals surface area contributed by atoms with E-state index < -0.39 is 0 Å². The van der Waals surface area contributed by atoms with Crippen molar-refractivity contribution in [1.29, 1.82) is 0 Å². The van der Waals surface area contributed by atoms with Gasteiger partial charge in [-0.2, -0.15) is 0 Å². The van der Waals surface area contributed by atoms with Crippen molar-refractivity contribution in [2.24, 2.45) is 0 Å². The van der Waals surface area contributed by atoms with Crippen LogP contribution in [-0.4, -0.2) is 23.5 Å². The highest BCUT2D eigenvalue weighted by molar-refractivity contribution is 5.85. The second kappa shape index (κ2) is 5.42. The van der Waals surface area contributed by atoms with E-state index in [1.165, 1.54) is 0 Å². The molecule has 98 valence electrons. The summed E-state index contributed by atoms with van der Waals surface area (Å²) in [6.45, 7) is 4.67. The van der Waals surface area contributed by atoms with E-state index in [0.29, 0.717) is 5.75 Å². The van der Waals surface area contributed by atoms with Gasteiger partial charge in [-0.1, -0.05) is 19.4 Å². The van der Waals surface area contributed by atoms with Crippen LogP contribution in [0.2, 0.25) is 0 Å². The van der Waals surface area contributed by atoms with Crippen molar-refractivity contribution in [1.82, 2.24) is 0 Å². The summed E-state index contributed by atoms with van der Waals surface area (Å²) in [6.07, 6.45) is 3.77. The molecule has 2 rings (SSSR count). The quantitative estimate of drug-likeness (QED) is 0.889. The van der Waals surface area contributed by atoms with Gasteiger partial charge in [0.05, 0.1) is 6.04 Å². The van der Waals surface area contributed by atoms with Crippen LogP contribution in [0.5, 0.6) is 5.75 Å². The summed E-state index contributed by atoms with van der Waals surface area (Å²) >= 11 is 0. The number of benzene rings is 1. The van der Waals surface area contributed by atoms with E-state index in [1.54, 1.807) is 13.0 Å². The summed E-state index contributed by atoms with van der Waals surface area (Å²) in [4.78, 5) is 14.0. The van der Waals surface area contributed by atoms with Crippen molar-refractivity contribution >= 4 is 11.5 Å². The summed E-state index contributed by atoms with van der Waals surface area (Å²) in [5, 5.41) is 9.91. The molecule has 1 aliphatic rings. The zero-order chi connectivity index (χ0) is 13.1. The maximum Gasteiger partial charge on any atom is 0.152 e. The fraction of sp³-hybridized carbons (Fsp3) is 0.533. The predicted octanol–water partition coefficient (Wildman–Crippen LogP) is 2.90. The average molecular weight is 247 g/mol. The third-order valence-electron chi connectivity index (χ3n) is 3.67. The highest BCUT2D eigenvalue weighted by Gasteiger charge is 2.27. The lowest BCUT2D eigenvalue weighted by molar-refractivity contribution is -0.118. The van der Waals surface area contributed by atoms with E-state index >= 15 is 0 Å². The normalized spacial score (nSPS) is 16.2. The molecular weight excluding hydrogens is 226 g/mol. The maximum atomic E-state index is 11.8. The Morgan fingerprint density at radius 1 is 1.50 bits per heavy atom. The number of phenols is 1. The van der Waals surface area contributed by atoms with Crippen LogP contribution in [0.25, 0.3) is 0 Å². The van der Waals surface area contributed by atoms with Crippen molar-refractivity contribution in [2.75, 3.05) is 11.4 Å². The zero-order valence-corrected chi connectivity index (χ0v) is 11.1. The smallest absolute Gasteiger partial charge is 0.152 e. The number of phenolic OH excluding ortho intramolecular Hbond substituents is 1. The number of carbonyl (C=O) groups excluding carboxylic acids is 1. The Labute approximate surface area is 108 Å². The minimum atomic E-state index is -0.0455. The Bertz CT molecular complexity index is 442. The molecule has 0 aromatic heterocycles. The number of aromatic hydroxyl groups is 1. The predicted molar refractivity (Wildman–Crippen MR) is 73.2 cm³/mol. The molecule has 1 aromatic carbocycles. The Hall–Kier alpha value is -1.51. The van der Waals surface area contributed by atoms with Gasteiger partial charge in [0.25, 0.3) is 0 Å². The molecule has 0 fully saturated rings. The molecule has 0 saturated heterocycles. The summed E-state index contributed by atoms with van der Waals surface area (Å²) in [5.41, 5.74) is 2.03. The number of fused-ring (bicyclic) bond motifs is 1. The van der Waals surface area contributed by atoms with Crippen LogP contribution in [-0.2, 0) is 11.2 Å². The summed E-state index contributed by atoms with van der Waals surface area (Å²) in [7, 11) is 0. The number of ketones is 1. The van der Waals surface area contributed by atoms with Crippen molar-refractivity contribution in [3.05, 3.63) is 23.8 Å². The number of carbonyl (C=O) groups is 1. The van der Waals surface area contributed by atoms with Crippen LogP contribution in [0.15, 0.2) is 18.2 Å². The molecule has 0 spiro atoms. The van der Waals surface area contributed by atoms with Gasteiger partial charge in [0.2, 0.25) is 0 Å². The van der Waals surface area contributed by atoms with Gasteiger partial charge in [-0.3, -0.25) is 4.79 Å². The minimum absolute atomic E-state index is 0.0455. The van der Waals surface area contributed by atoms with Gasteiger partial charge in [-0.15, -0.1) is 0 Å². The molecule has 1 aromatic rings. The maximum absolute atomic E-state index is 11.8. The molecule has 1 atom stereocenters. The van der Waals surface area contributed by atoms with Crippen LogP contribution in [0, 0.1) is 0 Å². The third kappa shape index (κ3) is 2.35. The van der Waals surface area contributed by atoms with E-state index in [4.69, 9.17) is 0 Å². The first-order valence-corrected chi connectivity index (χ1v) is 6.73. The van der Waals surface area contributed by atoms with Crippen LogP contribution in [0.1, 0.15) is 38.7 Å². The first-order chi connectivity index (χ1) is 8.65. The van der Waals surface area contributed by atoms with E-state index in [2.05, 4.69) is 11.8 Å². The first kappa shape index (κ1) is 12.9. The second-order valence-corrected chi connectivity index (χ2v) is 4.99. The molecule has 1 unspecified atom stereocenters. The topological polar surface area (TPSA) is 40.5 Å². The molecular formula is C15H21NO2. The second-order valence-electron chi connectivity index (χ2n) is 4.99. The fourth-order valence-electron chi connectivity index (χ4n) is 2.81. The van der Waals surface area contributed by atoms with E-state index in [0.717, 1.165) is 43.5 Å². The molecule has 0 bridgehead atoms. The Kier molecular flexibility index (Phi) is 3.90. The first-order valence-electron chi connectivity index (χ1n) is 6.73. The summed E-state index contributed by atoms with van der Waals surface area (Å²) in [5.74, 6) is 0.573. The lowest BCUT2D eigenvalue weighted by atomic mass is 9.96. The van der Waals surface area contributed by atoms with Gasteiger partial charge in [0, 0.05) is 17.8 Å². The SMILES string of the molecule is CCCC(C(C)=O)N1CCCc2c(O)cccc21. The molecule has 0 radical (unpaired) electrons. The van der Waals surface area contributed by atoms with Crippen LogP contribution in [0.4, 0.5) is 5.69 Å². The van der Waals surface area contributed by atoms with Gasteiger partial charge in [0.1, 0.15) is 5.75 Å². The molecule has 1 N–H and O–H groups in total. The summed E-state index contributed by atoms with van der Waals surface area (Å²) < 4.78 is 0. The van der Waals surface area contributed by atoms with Crippen molar-refractivity contribution < 1.29 is 9.90 Å². The van der Waals surface area contributed by atoms with Crippen molar-refractivity contribution in [3.8, 4) is 5.75 Å². The Balaban J connectivity index is 2.36. The van der Waals surface area contributed by atoms with Gasteiger partial charge in [-0.05, 0) is 38.3 Å². The third-order valence-corrected chi connectivity index (χ3v) is 3.67. The molecule has 18 heavy (non-hydrogen) atoms. The molecule has 1 heterocycles. The number of Topliss-reactive ketones (excluding diaryl/α,β-unsaturated/α-hetero) is 1. The highest BCUT2D eigenvalue weighted by atomic mass is 16.3. The van der Waals surface area contributed by atoms with Crippen molar-refractivity contribution in [2.45, 2.75) is 45.6 Å². The molecule has 0 aliphatic carbocycles. The molecule has 3 heteroatoms. The Morgan fingerprint density at radius 2 is 2.28 bits per heavy atom. The van der Waals surface area contributed by atoms with Crippen LogP contribution in [0.3, 0.4) is 0 Å². The lowest BCUT2D eigenvalue weighted by Crippen LogP contribution is -2.43. The summed E-state index contributed by atoms with van der Waals surface area (Å²) in [6, 6.07) is 5.55. The van der Waals surface area contributed by atoms with Crippen LogP contribution < -0.4 is 4.90 Å². The number of hydrogen-bond donors (Lipinski definition) is 1. The molecule has 3 nitrogen and oxygen atoms in total. The van der Waals surface area contributed by atoms with Gasteiger partial charge >= 0.3 is 0 Å². The fourth-order valence-corrected chi connectivity index (χ4v) is 2.81. The van der Waals surface area contributed by atoms with E-state index in [1.807, 2.05) is 12.1 Å². The van der Waals surface area contributed by atoms with Gasteiger partial charge in [0.15, 0.2) is 5.78 Å². The van der Waals surface area contributed by atoms with Crippen molar-refractivity contribution in [3.63, 3.8) is 0 Å². The van der Waals surface area contributed by atoms with Gasteiger partial charge in [-0.25, -0.2) is 0 Å². The number of rotatable bonds is 4. The van der Waals surface area contributed by atoms with E-state index in [9.17, 15) is 9.90 Å². The monoisotopic (exact) mass is 247 g/mol. The minimum Gasteiger partial charge on any atom is -0.508 e. The van der Waals surface area contributed by atoms with E-state index in [-0.39, 0.29) is 11.8 Å². The molecule has 0 amide bonds. The highest BCUT2D eigenvalue weighted by Crippen LogP contribution is 2.35. The standard InChI is InChI=1S/C15H21NO2/c1-3-6-13(11(2)17)16-10-5-7-12-14(16)8-4-9-15(12)18/h4,8-9,13,18H,3,5-7,10H2,1-2H3. The average Bonchev–Trinajstić information content (AvgIpc) is 2.36. The number of anilines is 1. The number of nitrogens with zero attached hydrogens (tertiary/aromatic N) is 1. The zero-order valence-electron chi connectivity index (χ0n) is 11.1. The van der Waals surface area contributed by atoms with Gasteiger partial charge < -0.3 is 10.0 Å². The molecule has 0 saturated carbocycles. The van der Waals surface area contributed by atoms with Crippen LogP contribution >= 0.6 is 0 Å². The molecule has 1 aliphatic heterocycles. The largest absolute Gasteiger partial charge is 0.508 e. The lowest BCUT2D eigenvalue weighted by Gasteiger charge is -2.37. The number of hydrogen-bond acceptors (Lipinski definition) is 3. The Morgan fingerprint density at radius 3 is 2.94 bits per heavy atom.